The zero-order valence-electron chi connectivity index (χ0n) is 27.2. The lowest BCUT2D eigenvalue weighted by molar-refractivity contribution is -0.141. The molecule has 8 heteroatoms. The lowest BCUT2D eigenvalue weighted by Crippen LogP contribution is -2.61. The molecule has 0 saturated carbocycles. The van der Waals surface area contributed by atoms with Crippen molar-refractivity contribution in [2.45, 2.75) is 95.6 Å². The highest BCUT2D eigenvalue weighted by Gasteiger charge is 2.58. The molecule has 236 valence electrons. The molecule has 3 aromatic carbocycles. The first kappa shape index (κ1) is 34.7. The summed E-state index contributed by atoms with van der Waals surface area (Å²) in [4.78, 5) is 40.9. The number of carbonyl (C=O) groups is 3. The van der Waals surface area contributed by atoms with E-state index in [9.17, 15) is 14.4 Å². The molecular weight excluding hydrogens is 566 g/mol. The topological polar surface area (TPSA) is 111 Å². The molecule has 4 N–H and O–H groups in total. The minimum absolute atomic E-state index is 0.245. The summed E-state index contributed by atoms with van der Waals surface area (Å²) < 4.78 is 6.80. The largest absolute Gasteiger partial charge is 0.516 e. The first-order valence-electron chi connectivity index (χ1n) is 15.3. The molecule has 7 nitrogen and oxygen atoms in total. The second-order valence-electron chi connectivity index (χ2n) is 13.7. The minimum atomic E-state index is -2.95. The molecular formula is C36H49N3O4Si. The summed E-state index contributed by atoms with van der Waals surface area (Å²) in [6.07, 6.45) is 0.490. The number of benzene rings is 3. The van der Waals surface area contributed by atoms with Gasteiger partial charge in [0.1, 0.15) is 12.1 Å². The third-order valence-corrected chi connectivity index (χ3v) is 14.5. The number of hydrogen-bond acceptors (Lipinski definition) is 5. The van der Waals surface area contributed by atoms with Crippen LogP contribution in [0.5, 0.6) is 0 Å². The molecule has 44 heavy (non-hydrogen) atoms. The molecule has 0 aliphatic rings. The van der Waals surface area contributed by atoms with Crippen LogP contribution in [0.15, 0.2) is 91.0 Å². The van der Waals surface area contributed by atoms with Crippen molar-refractivity contribution in [2.75, 3.05) is 0 Å². The monoisotopic (exact) mass is 615 g/mol. The Morgan fingerprint density at radius 2 is 1.05 bits per heavy atom. The number of hydrogen-bond donors (Lipinski definition) is 3. The van der Waals surface area contributed by atoms with E-state index >= 15 is 0 Å². The van der Waals surface area contributed by atoms with Crippen LogP contribution >= 0.6 is 0 Å². The van der Waals surface area contributed by atoms with Gasteiger partial charge in [-0.3, -0.25) is 14.4 Å². The molecule has 0 bridgehead atoms. The molecule has 0 spiro atoms. The van der Waals surface area contributed by atoms with Gasteiger partial charge in [0.2, 0.25) is 11.8 Å². The van der Waals surface area contributed by atoms with Crippen molar-refractivity contribution in [1.29, 1.82) is 0 Å². The summed E-state index contributed by atoms with van der Waals surface area (Å²) in [5.41, 5.74) is 8.70. The van der Waals surface area contributed by atoms with E-state index in [1.165, 1.54) is 0 Å². The van der Waals surface area contributed by atoms with Crippen LogP contribution in [0.2, 0.25) is 10.1 Å². The van der Waals surface area contributed by atoms with Crippen LogP contribution in [0.3, 0.4) is 0 Å². The van der Waals surface area contributed by atoms with Crippen LogP contribution in [0.25, 0.3) is 0 Å². The highest BCUT2D eigenvalue weighted by Crippen LogP contribution is 2.53. The lowest BCUT2D eigenvalue weighted by atomic mass is 10.0. The van der Waals surface area contributed by atoms with Gasteiger partial charge in [-0.25, -0.2) is 0 Å². The predicted octanol–water partition coefficient (Wildman–Crippen LogP) is 5.66. The Morgan fingerprint density at radius 1 is 0.659 bits per heavy atom. The minimum Gasteiger partial charge on any atom is -0.516 e. The molecule has 0 aliphatic carbocycles. The molecule has 0 fully saturated rings. The molecule has 0 radical (unpaired) electrons. The summed E-state index contributed by atoms with van der Waals surface area (Å²) in [6.45, 7) is 14.4. The highest BCUT2D eigenvalue weighted by atomic mass is 28.4. The standard InChI is InChI=1S/C36H49N3O4Si/c1-26(37)32(40)38-30(23-27-17-11-8-12-18-27)33(41)39-31(24-28-19-13-9-14-20-28)34(42)43-44(35(2,3)4,36(5,6)7)25-29-21-15-10-16-22-29/h8-22,26,30-31H,23-25,37H2,1-7H3,(H,38,40)(H,39,41)/t26-,30-,31-/m0/s1. The van der Waals surface area contributed by atoms with Gasteiger partial charge in [-0.05, 0) is 33.7 Å². The van der Waals surface area contributed by atoms with Crippen molar-refractivity contribution in [1.82, 2.24) is 10.6 Å². The third-order valence-electron chi connectivity index (χ3n) is 8.21. The molecule has 0 saturated heterocycles. The summed E-state index contributed by atoms with van der Waals surface area (Å²) >= 11 is 0. The van der Waals surface area contributed by atoms with Crippen LogP contribution in [0.1, 0.15) is 65.2 Å². The van der Waals surface area contributed by atoms with E-state index in [0.717, 1.165) is 16.7 Å². The van der Waals surface area contributed by atoms with Gasteiger partial charge in [0.25, 0.3) is 8.32 Å². The fraction of sp³-hybridized carbons (Fsp3) is 0.417. The van der Waals surface area contributed by atoms with Crippen molar-refractivity contribution in [3.8, 4) is 0 Å². The average molecular weight is 616 g/mol. The van der Waals surface area contributed by atoms with Gasteiger partial charge in [-0.15, -0.1) is 0 Å². The van der Waals surface area contributed by atoms with E-state index in [4.69, 9.17) is 10.2 Å². The van der Waals surface area contributed by atoms with E-state index in [-0.39, 0.29) is 22.9 Å². The zero-order chi connectivity index (χ0) is 32.5. The van der Waals surface area contributed by atoms with Crippen LogP contribution in [0.4, 0.5) is 0 Å². The Labute approximate surface area is 264 Å². The Morgan fingerprint density at radius 3 is 1.45 bits per heavy atom. The summed E-state index contributed by atoms with van der Waals surface area (Å²) in [5, 5.41) is 5.11. The van der Waals surface area contributed by atoms with Crippen LogP contribution in [-0.2, 0) is 37.7 Å². The van der Waals surface area contributed by atoms with E-state index in [1.807, 2.05) is 78.9 Å². The summed E-state index contributed by atoms with van der Waals surface area (Å²) in [7, 11) is -2.95. The number of nitrogens with one attached hydrogen (secondary N) is 2. The molecule has 0 unspecified atom stereocenters. The SMILES string of the molecule is C[C@H](N)C(=O)N[C@@H](Cc1ccccc1)C(=O)N[C@@H](Cc1ccccc1)C(=O)O[Si](Cc1ccccc1)(C(C)(C)C)C(C)(C)C. The summed E-state index contributed by atoms with van der Waals surface area (Å²) in [6, 6.07) is 27.1. The molecule has 2 amide bonds. The first-order chi connectivity index (χ1) is 20.6. The van der Waals surface area contributed by atoms with Gasteiger partial charge >= 0.3 is 5.97 Å². The van der Waals surface area contributed by atoms with Gasteiger partial charge in [0, 0.05) is 18.9 Å². The summed E-state index contributed by atoms with van der Waals surface area (Å²) in [5.74, 6) is -1.38. The molecule has 3 aromatic rings. The van der Waals surface area contributed by atoms with E-state index in [2.05, 4.69) is 64.3 Å². The molecule has 0 aliphatic heterocycles. The maximum Gasteiger partial charge on any atom is 0.315 e. The number of nitrogens with two attached hydrogens (primary N) is 1. The van der Waals surface area contributed by atoms with Gasteiger partial charge in [-0.2, -0.15) is 0 Å². The molecule has 3 rings (SSSR count). The Hall–Kier alpha value is -3.75. The average Bonchev–Trinajstić information content (AvgIpc) is 2.96. The second kappa shape index (κ2) is 14.8. The Kier molecular flexibility index (Phi) is 11.7. The van der Waals surface area contributed by atoms with Crippen molar-refractivity contribution in [3.63, 3.8) is 0 Å². The third kappa shape index (κ3) is 9.13. The van der Waals surface area contributed by atoms with Crippen molar-refractivity contribution < 1.29 is 18.8 Å². The zero-order valence-corrected chi connectivity index (χ0v) is 28.2. The quantitative estimate of drug-likeness (QED) is 0.228. The van der Waals surface area contributed by atoms with Crippen LogP contribution < -0.4 is 16.4 Å². The molecule has 0 heterocycles. The molecule has 3 atom stereocenters. The smallest absolute Gasteiger partial charge is 0.315 e. The van der Waals surface area contributed by atoms with Crippen LogP contribution in [0, 0.1) is 0 Å². The maximum absolute atomic E-state index is 14.4. The van der Waals surface area contributed by atoms with Crippen molar-refractivity contribution in [3.05, 3.63) is 108 Å². The second-order valence-corrected chi connectivity index (χ2v) is 18.9. The Bertz CT molecular complexity index is 1350. The molecule has 0 aromatic heterocycles. The number of rotatable bonds is 12. The number of carbonyl (C=O) groups excluding carboxylic acids is 3. The van der Waals surface area contributed by atoms with Crippen molar-refractivity contribution in [2.24, 2.45) is 5.73 Å². The predicted molar refractivity (Wildman–Crippen MR) is 179 cm³/mol. The van der Waals surface area contributed by atoms with Gasteiger partial charge in [0.05, 0.1) is 6.04 Å². The van der Waals surface area contributed by atoms with Crippen LogP contribution in [-0.4, -0.2) is 44.2 Å². The normalized spacial score (nSPS) is 14.2. The van der Waals surface area contributed by atoms with Gasteiger partial charge < -0.3 is 20.8 Å². The fourth-order valence-corrected chi connectivity index (χ4v) is 11.1. The van der Waals surface area contributed by atoms with E-state index in [0.29, 0.717) is 6.04 Å². The fourth-order valence-electron chi connectivity index (χ4n) is 5.80. The van der Waals surface area contributed by atoms with Crippen molar-refractivity contribution >= 4 is 26.1 Å². The highest BCUT2D eigenvalue weighted by molar-refractivity contribution is 6.80. The lowest BCUT2D eigenvalue weighted by Gasteiger charge is -2.50. The maximum atomic E-state index is 14.4. The van der Waals surface area contributed by atoms with E-state index in [1.54, 1.807) is 6.92 Å². The Balaban J connectivity index is 2.00. The van der Waals surface area contributed by atoms with E-state index < -0.39 is 44.2 Å². The van der Waals surface area contributed by atoms with Gasteiger partial charge in [-0.1, -0.05) is 133 Å². The first-order valence-corrected chi connectivity index (χ1v) is 17.5. The van der Waals surface area contributed by atoms with Gasteiger partial charge in [0.15, 0.2) is 0 Å². The number of amides is 2.